The van der Waals surface area contributed by atoms with E-state index in [1.807, 2.05) is 0 Å². The fourth-order valence-corrected chi connectivity index (χ4v) is 0.889. The Morgan fingerprint density at radius 3 is 2.57 bits per heavy atom. The highest BCUT2D eigenvalue weighted by Crippen LogP contribution is 2.24. The van der Waals surface area contributed by atoms with Gasteiger partial charge in [0.15, 0.2) is 11.6 Å². The molecule has 1 aromatic carbocycles. The molecular weight excluding hydrogens is 193 g/mol. The van der Waals surface area contributed by atoms with Crippen molar-refractivity contribution < 1.29 is 17.9 Å². The van der Waals surface area contributed by atoms with E-state index in [1.165, 1.54) is 0 Å². The van der Waals surface area contributed by atoms with Crippen LogP contribution in [0.2, 0.25) is 0 Å². The Hall–Kier alpha value is -1.63. The first-order chi connectivity index (χ1) is 6.57. The zero-order valence-corrected chi connectivity index (χ0v) is 7.40. The topological polar surface area (TPSA) is 9.23 Å². The molecule has 4 heteroatoms. The number of rotatable bonds is 2. The minimum Gasteiger partial charge on any atom is -0.478 e. The molecule has 0 saturated carbocycles. The Labute approximate surface area is 79.5 Å². The van der Waals surface area contributed by atoms with Crippen LogP contribution in [0.4, 0.5) is 13.2 Å². The van der Waals surface area contributed by atoms with Gasteiger partial charge in [-0.2, -0.15) is 4.39 Å². The summed E-state index contributed by atoms with van der Waals surface area (Å²) in [5.41, 5.74) is -0.379. The van der Waals surface area contributed by atoms with Crippen LogP contribution >= 0.6 is 0 Å². The number of halogens is 3. The molecule has 0 atom stereocenters. The summed E-state index contributed by atoms with van der Waals surface area (Å²) in [6.07, 6.45) is 4.85. The summed E-state index contributed by atoms with van der Waals surface area (Å²) in [7, 11) is 0. The highest BCUT2D eigenvalue weighted by Gasteiger charge is 2.16. The molecule has 0 heterocycles. The van der Waals surface area contributed by atoms with Crippen LogP contribution < -0.4 is 4.74 Å². The molecule has 1 rings (SSSR count). The third-order valence-electron chi connectivity index (χ3n) is 1.67. The van der Waals surface area contributed by atoms with E-state index in [0.29, 0.717) is 0 Å². The van der Waals surface area contributed by atoms with Crippen LogP contribution in [0.1, 0.15) is 5.56 Å². The summed E-state index contributed by atoms with van der Waals surface area (Å²) in [6, 6.07) is 0.769. The molecule has 0 amide bonds. The van der Waals surface area contributed by atoms with Crippen molar-refractivity contribution in [2.75, 3.05) is 6.61 Å². The maximum absolute atomic E-state index is 13.0. The second-order valence-corrected chi connectivity index (χ2v) is 2.60. The van der Waals surface area contributed by atoms with E-state index in [9.17, 15) is 13.2 Å². The van der Waals surface area contributed by atoms with Crippen molar-refractivity contribution in [2.24, 2.45) is 0 Å². The normalized spacial score (nSPS) is 9.64. The number of benzene rings is 1. The Bertz CT molecular complexity index is 393. The number of ether oxygens (including phenoxy) is 1. The second kappa shape index (κ2) is 4.05. The Kier molecular flexibility index (Phi) is 3.03. The summed E-state index contributed by atoms with van der Waals surface area (Å²) < 4.78 is 43.5. The zero-order chi connectivity index (χ0) is 10.7. The van der Waals surface area contributed by atoms with Crippen molar-refractivity contribution in [3.05, 3.63) is 29.1 Å². The smallest absolute Gasteiger partial charge is 0.201 e. The summed E-state index contributed by atoms with van der Waals surface area (Å²) in [5.74, 6) is -1.79. The van der Waals surface area contributed by atoms with Gasteiger partial charge < -0.3 is 4.74 Å². The highest BCUT2D eigenvalue weighted by molar-refractivity contribution is 5.31. The van der Waals surface area contributed by atoms with Crippen LogP contribution in [0, 0.1) is 36.7 Å². The zero-order valence-electron chi connectivity index (χ0n) is 7.40. The lowest BCUT2D eigenvalue weighted by Gasteiger charge is -2.06. The average Bonchev–Trinajstić information content (AvgIpc) is 2.18. The van der Waals surface area contributed by atoms with Crippen molar-refractivity contribution in [1.29, 1.82) is 0 Å². The fraction of sp³-hybridized carbons (Fsp3) is 0.200. The third-order valence-corrected chi connectivity index (χ3v) is 1.67. The molecule has 0 saturated heterocycles. The van der Waals surface area contributed by atoms with E-state index in [2.05, 4.69) is 10.7 Å². The van der Waals surface area contributed by atoms with E-state index in [-0.39, 0.29) is 12.2 Å². The molecule has 1 aromatic rings. The summed E-state index contributed by atoms with van der Waals surface area (Å²) in [6.45, 7) is 0.900. The molecule has 74 valence electrons. The molecule has 0 aliphatic carbocycles. The predicted molar refractivity (Wildman–Crippen MR) is 45.4 cm³/mol. The lowest BCUT2D eigenvalue weighted by atomic mass is 10.2. The summed E-state index contributed by atoms with van der Waals surface area (Å²) in [5, 5.41) is 0. The standard InChI is InChI=1S/C10H7F3O/c1-3-4-14-8-5-7(11)6(2)9(12)10(8)13/h1,5H,4H2,2H3. The van der Waals surface area contributed by atoms with Gasteiger partial charge in [-0.25, -0.2) is 8.78 Å². The van der Waals surface area contributed by atoms with Gasteiger partial charge in [0.05, 0.1) is 0 Å². The van der Waals surface area contributed by atoms with E-state index in [0.717, 1.165) is 13.0 Å². The van der Waals surface area contributed by atoms with Crippen LogP contribution in [0.3, 0.4) is 0 Å². The first kappa shape index (κ1) is 10.5. The molecule has 0 unspecified atom stereocenters. The minimum absolute atomic E-state index is 0.237. The van der Waals surface area contributed by atoms with Crippen molar-refractivity contribution in [3.63, 3.8) is 0 Å². The molecule has 0 spiro atoms. The van der Waals surface area contributed by atoms with Gasteiger partial charge in [-0.15, -0.1) is 6.42 Å². The van der Waals surface area contributed by atoms with Gasteiger partial charge in [-0.05, 0) is 6.92 Å². The van der Waals surface area contributed by atoms with Gasteiger partial charge in [-0.3, -0.25) is 0 Å². The van der Waals surface area contributed by atoms with Crippen molar-refractivity contribution in [2.45, 2.75) is 6.92 Å². The SMILES string of the molecule is C#CCOc1cc(F)c(C)c(F)c1F. The maximum atomic E-state index is 13.0. The first-order valence-corrected chi connectivity index (χ1v) is 3.78. The molecule has 0 radical (unpaired) electrons. The van der Waals surface area contributed by atoms with Gasteiger partial charge >= 0.3 is 0 Å². The van der Waals surface area contributed by atoms with Gasteiger partial charge in [0.25, 0.3) is 0 Å². The quantitative estimate of drug-likeness (QED) is 0.526. The van der Waals surface area contributed by atoms with Gasteiger partial charge in [0.1, 0.15) is 12.4 Å². The Morgan fingerprint density at radius 1 is 1.36 bits per heavy atom. The second-order valence-electron chi connectivity index (χ2n) is 2.60. The van der Waals surface area contributed by atoms with E-state index >= 15 is 0 Å². The molecule has 14 heavy (non-hydrogen) atoms. The van der Waals surface area contributed by atoms with Gasteiger partial charge in [0, 0.05) is 11.6 Å². The molecular formula is C10H7F3O. The van der Waals surface area contributed by atoms with E-state index in [4.69, 9.17) is 6.42 Å². The fourth-order valence-electron chi connectivity index (χ4n) is 0.889. The number of hydrogen-bond acceptors (Lipinski definition) is 1. The molecule has 0 bridgehead atoms. The minimum atomic E-state index is -1.25. The van der Waals surface area contributed by atoms with Crippen LogP contribution in [-0.4, -0.2) is 6.61 Å². The molecule has 0 aliphatic heterocycles. The molecule has 0 aromatic heterocycles. The Morgan fingerprint density at radius 2 is 2.00 bits per heavy atom. The van der Waals surface area contributed by atoms with Crippen LogP contribution in [0.25, 0.3) is 0 Å². The first-order valence-electron chi connectivity index (χ1n) is 3.78. The lowest BCUT2D eigenvalue weighted by molar-refractivity contribution is 0.333. The summed E-state index contributed by atoms with van der Waals surface area (Å²) in [4.78, 5) is 0. The average molecular weight is 200 g/mol. The van der Waals surface area contributed by atoms with Crippen molar-refractivity contribution >= 4 is 0 Å². The maximum Gasteiger partial charge on any atom is 0.201 e. The van der Waals surface area contributed by atoms with Crippen LogP contribution in [-0.2, 0) is 0 Å². The molecule has 1 nitrogen and oxygen atoms in total. The number of hydrogen-bond donors (Lipinski definition) is 0. The molecule has 0 fully saturated rings. The number of terminal acetylenes is 1. The van der Waals surface area contributed by atoms with E-state index < -0.39 is 23.2 Å². The van der Waals surface area contributed by atoms with Gasteiger partial charge in [-0.1, -0.05) is 5.92 Å². The monoisotopic (exact) mass is 200 g/mol. The van der Waals surface area contributed by atoms with Crippen LogP contribution in [0.15, 0.2) is 6.07 Å². The lowest BCUT2D eigenvalue weighted by Crippen LogP contribution is -2.01. The Balaban J connectivity index is 3.14. The van der Waals surface area contributed by atoms with Crippen LogP contribution in [0.5, 0.6) is 5.75 Å². The van der Waals surface area contributed by atoms with Gasteiger partial charge in [0.2, 0.25) is 5.82 Å². The van der Waals surface area contributed by atoms with E-state index in [1.54, 1.807) is 0 Å². The molecule has 0 aliphatic rings. The largest absolute Gasteiger partial charge is 0.478 e. The predicted octanol–water partition coefficient (Wildman–Crippen LogP) is 2.42. The highest BCUT2D eigenvalue weighted by atomic mass is 19.2. The molecule has 0 N–H and O–H groups in total. The van der Waals surface area contributed by atoms with Crippen molar-refractivity contribution in [3.8, 4) is 18.1 Å². The third kappa shape index (κ3) is 1.82. The van der Waals surface area contributed by atoms with Crippen molar-refractivity contribution in [1.82, 2.24) is 0 Å². The summed E-state index contributed by atoms with van der Waals surface area (Å²) >= 11 is 0.